The molecule has 3 aromatic rings. The molecule has 8 heteroatoms. The molecule has 33 heavy (non-hydrogen) atoms. The summed E-state index contributed by atoms with van der Waals surface area (Å²) in [6.07, 6.45) is 2.20. The molecular weight excluding hydrogens is 420 g/mol. The van der Waals surface area contributed by atoms with Crippen molar-refractivity contribution in [3.8, 4) is 11.5 Å². The Balaban J connectivity index is 1.66. The first-order valence-corrected chi connectivity index (χ1v) is 10.9. The molecule has 0 fully saturated rings. The van der Waals surface area contributed by atoms with E-state index >= 15 is 0 Å². The van der Waals surface area contributed by atoms with Gasteiger partial charge in [0.25, 0.3) is 0 Å². The second kappa shape index (κ2) is 9.77. The number of anilines is 1. The van der Waals surface area contributed by atoms with E-state index in [9.17, 15) is 4.79 Å². The third kappa shape index (κ3) is 4.69. The molecule has 0 saturated heterocycles. The van der Waals surface area contributed by atoms with Crippen LogP contribution in [0.1, 0.15) is 43.0 Å². The molecule has 1 atom stereocenters. The Hall–Kier alpha value is -3.81. The van der Waals surface area contributed by atoms with Crippen LogP contribution >= 0.6 is 0 Å². The molecule has 4 rings (SSSR count). The fourth-order valence-electron chi connectivity index (χ4n) is 3.75. The number of nitrogens with zero attached hydrogens (tertiary/aromatic N) is 3. The first-order valence-electron chi connectivity index (χ1n) is 10.9. The molecule has 0 saturated carbocycles. The summed E-state index contributed by atoms with van der Waals surface area (Å²) in [4.78, 5) is 17.2. The average molecular weight is 449 g/mol. The zero-order valence-corrected chi connectivity index (χ0v) is 19.3. The fourth-order valence-corrected chi connectivity index (χ4v) is 3.75. The molecule has 0 spiro atoms. The van der Waals surface area contributed by atoms with Gasteiger partial charge in [0.15, 0.2) is 11.5 Å². The highest BCUT2D eigenvalue weighted by molar-refractivity contribution is 5.92. The van der Waals surface area contributed by atoms with Crippen LogP contribution in [0.5, 0.6) is 11.5 Å². The van der Waals surface area contributed by atoms with Gasteiger partial charge in [-0.2, -0.15) is 10.1 Å². The van der Waals surface area contributed by atoms with Crippen LogP contribution in [0.2, 0.25) is 0 Å². The zero-order valence-electron chi connectivity index (χ0n) is 19.3. The van der Waals surface area contributed by atoms with Gasteiger partial charge in [-0.3, -0.25) is 0 Å². The lowest BCUT2D eigenvalue weighted by atomic mass is 9.95. The molecule has 1 unspecified atom stereocenters. The Morgan fingerprint density at radius 2 is 1.91 bits per heavy atom. The second-order valence-corrected chi connectivity index (χ2v) is 7.91. The normalized spacial score (nSPS) is 15.0. The van der Waals surface area contributed by atoms with Crippen LogP contribution in [0, 0.1) is 6.92 Å². The monoisotopic (exact) mass is 448 g/mol. The summed E-state index contributed by atoms with van der Waals surface area (Å²) in [6.45, 7) is 6.62. The van der Waals surface area contributed by atoms with Crippen LogP contribution < -0.4 is 14.8 Å². The quantitative estimate of drug-likeness (QED) is 0.511. The molecule has 0 bridgehead atoms. The number of ether oxygens (including phenoxy) is 3. The number of hydrogen-bond donors (Lipinski definition) is 1. The van der Waals surface area contributed by atoms with Crippen LogP contribution in [-0.4, -0.2) is 34.5 Å². The standard InChI is InChI=1S/C25H28N4O4/c1-5-12-32-24(30)22-17(3)28-25-26-15-27-29(25)23(22)19-10-11-20(21(13-19)31-4)33-14-18-8-6-16(2)7-9-18/h6-11,13,15,23H,5,12,14H2,1-4H3,(H,26,27,28). The van der Waals surface area contributed by atoms with Gasteiger partial charge in [-0.15, -0.1) is 0 Å². The van der Waals surface area contributed by atoms with Crippen LogP contribution in [-0.2, 0) is 16.1 Å². The first kappa shape index (κ1) is 22.4. The van der Waals surface area contributed by atoms with E-state index in [-0.39, 0.29) is 5.97 Å². The predicted octanol–water partition coefficient (Wildman–Crippen LogP) is 4.42. The van der Waals surface area contributed by atoms with Crippen molar-refractivity contribution in [2.75, 3.05) is 19.0 Å². The van der Waals surface area contributed by atoms with E-state index in [0.29, 0.717) is 41.9 Å². The Morgan fingerprint density at radius 3 is 2.64 bits per heavy atom. The number of rotatable bonds is 8. The number of allylic oxidation sites excluding steroid dienone is 1. The summed E-state index contributed by atoms with van der Waals surface area (Å²) in [7, 11) is 1.60. The molecule has 172 valence electrons. The SMILES string of the molecule is CCCOC(=O)C1=C(C)Nc2ncnn2C1c1ccc(OCc2ccc(C)cc2)c(OC)c1. The van der Waals surface area contributed by atoms with Crippen LogP contribution in [0.4, 0.5) is 5.95 Å². The Kier molecular flexibility index (Phi) is 6.63. The average Bonchev–Trinajstić information content (AvgIpc) is 3.29. The van der Waals surface area contributed by atoms with Gasteiger partial charge in [-0.1, -0.05) is 42.8 Å². The minimum atomic E-state index is -0.506. The highest BCUT2D eigenvalue weighted by Crippen LogP contribution is 2.39. The minimum Gasteiger partial charge on any atom is -0.493 e. The summed E-state index contributed by atoms with van der Waals surface area (Å²) in [5.41, 5.74) is 4.24. The number of aromatic nitrogens is 3. The highest BCUT2D eigenvalue weighted by atomic mass is 16.5. The van der Waals surface area contributed by atoms with Crippen molar-refractivity contribution in [3.05, 3.63) is 76.8 Å². The number of nitrogens with one attached hydrogen (secondary N) is 1. The Morgan fingerprint density at radius 1 is 1.12 bits per heavy atom. The van der Waals surface area contributed by atoms with Crippen LogP contribution in [0.15, 0.2) is 60.1 Å². The number of hydrogen-bond acceptors (Lipinski definition) is 7. The molecule has 1 aliphatic rings. The lowest BCUT2D eigenvalue weighted by molar-refractivity contribution is -0.139. The van der Waals surface area contributed by atoms with Gasteiger partial charge in [-0.25, -0.2) is 9.48 Å². The van der Waals surface area contributed by atoms with E-state index in [1.165, 1.54) is 11.9 Å². The lowest BCUT2D eigenvalue weighted by Gasteiger charge is -2.28. The number of esters is 1. The molecule has 2 aromatic carbocycles. The molecule has 0 radical (unpaired) electrons. The number of carbonyl (C=O) groups excluding carboxylic acids is 1. The summed E-state index contributed by atoms with van der Waals surface area (Å²) >= 11 is 0. The lowest BCUT2D eigenvalue weighted by Crippen LogP contribution is -2.29. The maximum atomic E-state index is 12.9. The molecule has 0 amide bonds. The summed E-state index contributed by atoms with van der Waals surface area (Å²) in [5, 5.41) is 7.49. The van der Waals surface area contributed by atoms with Crippen LogP contribution in [0.3, 0.4) is 0 Å². The topological polar surface area (TPSA) is 87.5 Å². The van der Waals surface area contributed by atoms with Crippen molar-refractivity contribution in [1.82, 2.24) is 14.8 Å². The summed E-state index contributed by atoms with van der Waals surface area (Å²) in [6, 6.07) is 13.3. The van der Waals surface area contributed by atoms with Gasteiger partial charge in [-0.05, 0) is 43.5 Å². The third-order valence-corrected chi connectivity index (χ3v) is 5.47. The number of aryl methyl sites for hydroxylation is 1. The predicted molar refractivity (Wildman–Crippen MR) is 124 cm³/mol. The zero-order chi connectivity index (χ0) is 23.4. The van der Waals surface area contributed by atoms with Gasteiger partial charge < -0.3 is 19.5 Å². The highest BCUT2D eigenvalue weighted by Gasteiger charge is 2.34. The van der Waals surface area contributed by atoms with E-state index < -0.39 is 6.04 Å². The van der Waals surface area contributed by atoms with Gasteiger partial charge in [0.1, 0.15) is 19.0 Å². The van der Waals surface area contributed by atoms with Crippen LogP contribution in [0.25, 0.3) is 0 Å². The second-order valence-electron chi connectivity index (χ2n) is 7.91. The van der Waals surface area contributed by atoms with E-state index in [2.05, 4.69) is 34.5 Å². The summed E-state index contributed by atoms with van der Waals surface area (Å²) < 4.78 is 18.8. The van der Waals surface area contributed by atoms with Crippen molar-refractivity contribution in [2.24, 2.45) is 0 Å². The molecular formula is C25H28N4O4. The van der Waals surface area contributed by atoms with E-state index in [4.69, 9.17) is 14.2 Å². The van der Waals surface area contributed by atoms with Crippen molar-refractivity contribution in [2.45, 2.75) is 39.8 Å². The molecule has 0 aliphatic carbocycles. The minimum absolute atomic E-state index is 0.349. The van der Waals surface area contributed by atoms with Crippen molar-refractivity contribution in [1.29, 1.82) is 0 Å². The maximum Gasteiger partial charge on any atom is 0.338 e. The van der Waals surface area contributed by atoms with Gasteiger partial charge in [0.05, 0.1) is 19.3 Å². The van der Waals surface area contributed by atoms with Gasteiger partial charge >= 0.3 is 5.97 Å². The van der Waals surface area contributed by atoms with E-state index in [1.807, 2.05) is 44.2 Å². The third-order valence-electron chi connectivity index (χ3n) is 5.47. The van der Waals surface area contributed by atoms with E-state index in [0.717, 1.165) is 17.5 Å². The number of fused-ring (bicyclic) bond motifs is 1. The van der Waals surface area contributed by atoms with E-state index in [1.54, 1.807) is 11.8 Å². The van der Waals surface area contributed by atoms with Gasteiger partial charge in [0, 0.05) is 5.70 Å². The largest absolute Gasteiger partial charge is 0.493 e. The molecule has 8 nitrogen and oxygen atoms in total. The number of methoxy groups -OCH3 is 1. The molecule has 1 aromatic heterocycles. The molecule has 2 heterocycles. The first-order chi connectivity index (χ1) is 16.0. The van der Waals surface area contributed by atoms with Crippen molar-refractivity contribution < 1.29 is 19.0 Å². The fraction of sp³-hybridized carbons (Fsp3) is 0.320. The Labute approximate surface area is 193 Å². The Bertz CT molecular complexity index is 1170. The van der Waals surface area contributed by atoms with Crippen molar-refractivity contribution in [3.63, 3.8) is 0 Å². The number of benzene rings is 2. The van der Waals surface area contributed by atoms with Crippen molar-refractivity contribution >= 4 is 11.9 Å². The molecule has 1 N–H and O–H groups in total. The maximum absolute atomic E-state index is 12.9. The molecule has 1 aliphatic heterocycles. The summed E-state index contributed by atoms with van der Waals surface area (Å²) in [5.74, 6) is 1.36. The smallest absolute Gasteiger partial charge is 0.338 e. The number of carbonyl (C=O) groups is 1. The van der Waals surface area contributed by atoms with Gasteiger partial charge in [0.2, 0.25) is 5.95 Å².